The van der Waals surface area contributed by atoms with E-state index in [-0.39, 0.29) is 17.9 Å². The lowest BCUT2D eigenvalue weighted by molar-refractivity contribution is 0.269. The normalized spacial score (nSPS) is 18.2. The Morgan fingerprint density at radius 3 is 2.45 bits per heavy atom. The van der Waals surface area contributed by atoms with Crippen molar-refractivity contribution in [3.63, 3.8) is 0 Å². The van der Waals surface area contributed by atoms with E-state index in [4.69, 9.17) is 16.6 Å². The van der Waals surface area contributed by atoms with Gasteiger partial charge in [0.05, 0.1) is 11.7 Å². The molecule has 31 heavy (non-hydrogen) atoms. The fourth-order valence-corrected chi connectivity index (χ4v) is 4.25. The fourth-order valence-electron chi connectivity index (χ4n) is 3.95. The molecule has 0 amide bonds. The number of nitrogens with zero attached hydrogens (tertiary/aromatic N) is 2. The molecule has 1 fully saturated rings. The second kappa shape index (κ2) is 8.32. The van der Waals surface area contributed by atoms with Gasteiger partial charge in [0.2, 0.25) is 0 Å². The first-order chi connectivity index (χ1) is 15.2. The SMILES string of the molecule is Fc1ccc(-c2ccc([C@@H]3[C@@H](c4ccccn4)NC(=S)N3Cc3ccccc3)o2)cc1. The van der Waals surface area contributed by atoms with Crippen LogP contribution in [0.1, 0.15) is 29.1 Å². The summed E-state index contributed by atoms with van der Waals surface area (Å²) in [5.41, 5.74) is 2.87. The maximum atomic E-state index is 13.3. The number of hydrogen-bond donors (Lipinski definition) is 1. The van der Waals surface area contributed by atoms with E-state index in [1.165, 1.54) is 12.1 Å². The molecule has 2 aromatic heterocycles. The van der Waals surface area contributed by atoms with Crippen LogP contribution in [-0.2, 0) is 6.54 Å². The zero-order valence-electron chi connectivity index (χ0n) is 16.6. The summed E-state index contributed by atoms with van der Waals surface area (Å²) >= 11 is 5.71. The molecule has 2 aromatic carbocycles. The third kappa shape index (κ3) is 3.94. The number of rotatable bonds is 5. The summed E-state index contributed by atoms with van der Waals surface area (Å²) in [6.45, 7) is 0.646. The van der Waals surface area contributed by atoms with Crippen LogP contribution >= 0.6 is 12.2 Å². The quantitative estimate of drug-likeness (QED) is 0.415. The Labute approximate surface area is 185 Å². The van der Waals surface area contributed by atoms with Gasteiger partial charge >= 0.3 is 0 Å². The second-order valence-corrected chi connectivity index (χ2v) is 7.84. The molecule has 1 aliphatic rings. The van der Waals surface area contributed by atoms with E-state index in [9.17, 15) is 4.39 Å². The van der Waals surface area contributed by atoms with E-state index >= 15 is 0 Å². The highest BCUT2D eigenvalue weighted by Gasteiger charge is 2.41. The average molecular weight is 430 g/mol. The van der Waals surface area contributed by atoms with Crippen LogP contribution in [0.4, 0.5) is 4.39 Å². The molecule has 4 aromatic rings. The second-order valence-electron chi connectivity index (χ2n) is 7.45. The van der Waals surface area contributed by atoms with E-state index in [0.29, 0.717) is 17.4 Å². The Hall–Kier alpha value is -3.51. The number of hydrogen-bond acceptors (Lipinski definition) is 3. The van der Waals surface area contributed by atoms with Gasteiger partial charge in [-0.15, -0.1) is 0 Å². The standard InChI is InChI=1S/C25H20FN3OS/c26-19-11-9-18(10-12-19)21-13-14-22(30-21)24-23(20-8-4-5-15-27-20)28-25(31)29(24)16-17-6-2-1-3-7-17/h1-15,23-24H,16H2,(H,28,31)/t23-,24-/m1/s1. The van der Waals surface area contributed by atoms with Crippen LogP contribution < -0.4 is 5.32 Å². The van der Waals surface area contributed by atoms with Gasteiger partial charge in [0.15, 0.2) is 5.11 Å². The van der Waals surface area contributed by atoms with Gasteiger partial charge in [-0.1, -0.05) is 36.4 Å². The number of benzene rings is 2. The van der Waals surface area contributed by atoms with Crippen molar-refractivity contribution in [3.05, 3.63) is 114 Å². The van der Waals surface area contributed by atoms with E-state index in [1.54, 1.807) is 18.3 Å². The van der Waals surface area contributed by atoms with Gasteiger partial charge in [0.1, 0.15) is 23.4 Å². The van der Waals surface area contributed by atoms with Crippen molar-refractivity contribution in [2.75, 3.05) is 0 Å². The number of thiocarbonyl (C=S) groups is 1. The monoisotopic (exact) mass is 429 g/mol. The minimum atomic E-state index is -0.273. The third-order valence-electron chi connectivity index (χ3n) is 5.44. The summed E-state index contributed by atoms with van der Waals surface area (Å²) in [6.07, 6.45) is 1.78. The van der Waals surface area contributed by atoms with Gasteiger partial charge in [-0.05, 0) is 66.3 Å². The molecule has 4 nitrogen and oxygen atoms in total. The molecule has 0 unspecified atom stereocenters. The van der Waals surface area contributed by atoms with Crippen molar-refractivity contribution in [1.29, 1.82) is 0 Å². The fraction of sp³-hybridized carbons (Fsp3) is 0.120. The third-order valence-corrected chi connectivity index (χ3v) is 5.79. The first-order valence-electron chi connectivity index (χ1n) is 10.1. The first-order valence-corrected chi connectivity index (χ1v) is 10.5. The maximum Gasteiger partial charge on any atom is 0.170 e. The molecular weight excluding hydrogens is 409 g/mol. The summed E-state index contributed by atoms with van der Waals surface area (Å²) < 4.78 is 19.6. The molecule has 0 aliphatic carbocycles. The lowest BCUT2D eigenvalue weighted by Crippen LogP contribution is -2.29. The summed E-state index contributed by atoms with van der Waals surface area (Å²) in [7, 11) is 0. The molecule has 154 valence electrons. The molecule has 6 heteroatoms. The molecule has 0 bridgehead atoms. The number of aromatic nitrogens is 1. The van der Waals surface area contributed by atoms with Crippen molar-refractivity contribution in [2.24, 2.45) is 0 Å². The minimum Gasteiger partial charge on any atom is -0.459 e. The topological polar surface area (TPSA) is 41.3 Å². The number of halogens is 1. The van der Waals surface area contributed by atoms with E-state index in [2.05, 4.69) is 27.3 Å². The predicted octanol–water partition coefficient (Wildman–Crippen LogP) is 5.65. The highest BCUT2D eigenvalue weighted by molar-refractivity contribution is 7.80. The zero-order chi connectivity index (χ0) is 21.2. The lowest BCUT2D eigenvalue weighted by Gasteiger charge is -2.26. The molecule has 1 N–H and O–H groups in total. The van der Waals surface area contributed by atoms with Crippen molar-refractivity contribution in [3.8, 4) is 11.3 Å². The molecule has 1 aliphatic heterocycles. The summed E-state index contributed by atoms with van der Waals surface area (Å²) in [6, 6.07) is 25.9. The van der Waals surface area contributed by atoms with Gasteiger partial charge in [-0.2, -0.15) is 0 Å². The molecule has 1 saturated heterocycles. The van der Waals surface area contributed by atoms with Gasteiger partial charge in [-0.25, -0.2) is 4.39 Å². The van der Waals surface area contributed by atoms with Crippen LogP contribution in [0.15, 0.2) is 95.5 Å². The number of pyridine rings is 1. The van der Waals surface area contributed by atoms with Crippen molar-refractivity contribution >= 4 is 17.3 Å². The Morgan fingerprint density at radius 1 is 0.935 bits per heavy atom. The Morgan fingerprint density at radius 2 is 1.71 bits per heavy atom. The number of furan rings is 1. The molecule has 0 spiro atoms. The van der Waals surface area contributed by atoms with Crippen molar-refractivity contribution < 1.29 is 8.81 Å². The van der Waals surface area contributed by atoms with Crippen LogP contribution in [0.3, 0.4) is 0 Å². The Kier molecular flexibility index (Phi) is 5.22. The largest absolute Gasteiger partial charge is 0.459 e. The van der Waals surface area contributed by atoms with Crippen LogP contribution in [0, 0.1) is 5.82 Å². The van der Waals surface area contributed by atoms with Gasteiger partial charge in [-0.3, -0.25) is 4.98 Å². The van der Waals surface area contributed by atoms with Crippen LogP contribution in [0.25, 0.3) is 11.3 Å². The molecule has 2 atom stereocenters. The predicted molar refractivity (Wildman–Crippen MR) is 122 cm³/mol. The first kappa shape index (κ1) is 19.5. The van der Waals surface area contributed by atoms with Gasteiger partial charge < -0.3 is 14.6 Å². The average Bonchev–Trinajstić information content (AvgIpc) is 3.41. The van der Waals surface area contributed by atoms with Crippen LogP contribution in [0.2, 0.25) is 0 Å². The lowest BCUT2D eigenvalue weighted by atomic mass is 10.0. The number of nitrogens with one attached hydrogen (secondary N) is 1. The summed E-state index contributed by atoms with van der Waals surface area (Å²) in [4.78, 5) is 6.69. The van der Waals surface area contributed by atoms with E-state index in [0.717, 1.165) is 22.6 Å². The van der Waals surface area contributed by atoms with Gasteiger partial charge in [0, 0.05) is 18.3 Å². The van der Waals surface area contributed by atoms with Crippen LogP contribution in [-0.4, -0.2) is 15.0 Å². The van der Waals surface area contributed by atoms with Crippen LogP contribution in [0.5, 0.6) is 0 Å². The molecule has 3 heterocycles. The molecule has 5 rings (SSSR count). The van der Waals surface area contributed by atoms with Crippen molar-refractivity contribution in [1.82, 2.24) is 15.2 Å². The molecular formula is C25H20FN3OS. The smallest absolute Gasteiger partial charge is 0.170 e. The van der Waals surface area contributed by atoms with E-state index < -0.39 is 0 Å². The highest BCUT2D eigenvalue weighted by Crippen LogP contribution is 2.41. The maximum absolute atomic E-state index is 13.3. The van der Waals surface area contributed by atoms with E-state index in [1.807, 2.05) is 48.5 Å². The van der Waals surface area contributed by atoms with Gasteiger partial charge in [0.25, 0.3) is 0 Å². The highest BCUT2D eigenvalue weighted by atomic mass is 32.1. The Balaban J connectivity index is 1.53. The summed E-state index contributed by atoms with van der Waals surface area (Å²) in [5, 5.41) is 4.09. The van der Waals surface area contributed by atoms with Crippen molar-refractivity contribution in [2.45, 2.75) is 18.6 Å². The molecule has 0 saturated carbocycles. The Bertz CT molecular complexity index is 1180. The summed E-state index contributed by atoms with van der Waals surface area (Å²) in [5.74, 6) is 1.19. The molecule has 0 radical (unpaired) electrons. The zero-order valence-corrected chi connectivity index (χ0v) is 17.4. The minimum absolute atomic E-state index is 0.148.